The van der Waals surface area contributed by atoms with Crippen LogP contribution in [-0.4, -0.2) is 22.6 Å². The molecule has 0 heterocycles. The van der Waals surface area contributed by atoms with Crippen LogP contribution in [0, 0.1) is 5.82 Å². The molecule has 16 heavy (non-hydrogen) atoms. The van der Waals surface area contributed by atoms with Crippen LogP contribution in [0.25, 0.3) is 0 Å². The Morgan fingerprint density at radius 1 is 1.25 bits per heavy atom. The molecular weight excluding hydrogens is 282 g/mol. The number of rotatable bonds is 3. The summed E-state index contributed by atoms with van der Waals surface area (Å²) in [5.41, 5.74) is 0. The Balaban J connectivity index is 3.67. The van der Waals surface area contributed by atoms with Gasteiger partial charge >= 0.3 is 0 Å². The van der Waals surface area contributed by atoms with Crippen LogP contribution in [-0.2, 0) is 9.05 Å². The molecule has 0 aromatic heterocycles. The molecule has 0 unspecified atom stereocenters. The van der Waals surface area contributed by atoms with E-state index < -0.39 is 19.8 Å². The highest BCUT2D eigenvalue weighted by atomic mass is 35.7. The van der Waals surface area contributed by atoms with Gasteiger partial charge in [-0.1, -0.05) is 11.6 Å². The van der Waals surface area contributed by atoms with E-state index in [1.165, 1.54) is 14.2 Å². The third-order valence-corrected chi connectivity index (χ3v) is 3.44. The predicted octanol–water partition coefficient (Wildman–Crippen LogP) is 2.42. The smallest absolute Gasteiger partial charge is 0.265 e. The Kier molecular flexibility index (Phi) is 3.88. The van der Waals surface area contributed by atoms with Gasteiger partial charge in [0.05, 0.1) is 14.2 Å². The van der Waals surface area contributed by atoms with Gasteiger partial charge in [-0.05, 0) is 0 Å². The molecular formula is C8H7Cl2FO4S. The number of halogens is 3. The van der Waals surface area contributed by atoms with Crippen LogP contribution >= 0.6 is 22.3 Å². The van der Waals surface area contributed by atoms with Gasteiger partial charge in [0.15, 0.2) is 17.3 Å². The van der Waals surface area contributed by atoms with Gasteiger partial charge in [0.25, 0.3) is 9.05 Å². The fraction of sp³-hybridized carbons (Fsp3) is 0.250. The minimum absolute atomic E-state index is 0.255. The van der Waals surface area contributed by atoms with Crippen molar-refractivity contribution in [3.63, 3.8) is 0 Å². The van der Waals surface area contributed by atoms with E-state index in [9.17, 15) is 12.8 Å². The average molecular weight is 289 g/mol. The zero-order valence-electron chi connectivity index (χ0n) is 8.25. The number of ether oxygens (including phenoxy) is 2. The van der Waals surface area contributed by atoms with Crippen molar-refractivity contribution in [2.45, 2.75) is 4.90 Å². The molecule has 0 radical (unpaired) electrons. The Bertz CT molecular complexity index is 515. The highest BCUT2D eigenvalue weighted by Gasteiger charge is 2.25. The molecule has 0 saturated carbocycles. The van der Waals surface area contributed by atoms with Crippen LogP contribution in [0.1, 0.15) is 0 Å². The van der Waals surface area contributed by atoms with Crippen molar-refractivity contribution < 1.29 is 22.3 Å². The number of hydrogen-bond donors (Lipinski definition) is 0. The third-order valence-electron chi connectivity index (χ3n) is 1.77. The summed E-state index contributed by atoms with van der Waals surface area (Å²) in [7, 11) is 3.34. The first kappa shape index (κ1) is 13.3. The van der Waals surface area contributed by atoms with Crippen molar-refractivity contribution in [2.75, 3.05) is 14.2 Å². The highest BCUT2D eigenvalue weighted by Crippen LogP contribution is 2.41. The molecule has 0 aliphatic carbocycles. The minimum Gasteiger partial charge on any atom is -0.494 e. The van der Waals surface area contributed by atoms with Crippen molar-refractivity contribution in [2.24, 2.45) is 0 Å². The predicted molar refractivity (Wildman–Crippen MR) is 57.6 cm³/mol. The van der Waals surface area contributed by atoms with Crippen LogP contribution in [0.3, 0.4) is 0 Å². The summed E-state index contributed by atoms with van der Waals surface area (Å²) in [5, 5.41) is -0.288. The van der Waals surface area contributed by atoms with Crippen LogP contribution in [0.2, 0.25) is 5.02 Å². The third kappa shape index (κ3) is 2.34. The highest BCUT2D eigenvalue weighted by molar-refractivity contribution is 8.13. The van der Waals surface area contributed by atoms with E-state index in [2.05, 4.69) is 4.74 Å². The van der Waals surface area contributed by atoms with E-state index in [1.54, 1.807) is 0 Å². The Morgan fingerprint density at radius 3 is 2.12 bits per heavy atom. The monoisotopic (exact) mass is 288 g/mol. The maximum Gasteiger partial charge on any atom is 0.265 e. The van der Waals surface area contributed by atoms with E-state index in [0.717, 1.165) is 0 Å². The fourth-order valence-electron chi connectivity index (χ4n) is 1.12. The molecule has 4 nitrogen and oxygen atoms in total. The maximum atomic E-state index is 13.4. The first-order valence-corrected chi connectivity index (χ1v) is 6.56. The van der Waals surface area contributed by atoms with Gasteiger partial charge in [0.1, 0.15) is 9.92 Å². The van der Waals surface area contributed by atoms with E-state index in [1.807, 2.05) is 0 Å². The summed E-state index contributed by atoms with van der Waals surface area (Å²) in [4.78, 5) is -0.542. The van der Waals surface area contributed by atoms with Gasteiger partial charge in [0.2, 0.25) is 0 Å². The van der Waals surface area contributed by atoms with E-state index in [0.29, 0.717) is 6.07 Å². The van der Waals surface area contributed by atoms with Gasteiger partial charge in [0, 0.05) is 16.7 Å². The average Bonchev–Trinajstić information content (AvgIpc) is 2.16. The van der Waals surface area contributed by atoms with E-state index in [-0.39, 0.29) is 16.5 Å². The molecule has 8 heteroatoms. The lowest BCUT2D eigenvalue weighted by Gasteiger charge is -2.11. The summed E-state index contributed by atoms with van der Waals surface area (Å²) in [6, 6.07) is 0.686. The molecule has 0 atom stereocenters. The SMILES string of the molecule is COc1c(F)cc(S(=O)(=O)Cl)c(OC)c1Cl. The molecule has 0 fully saturated rings. The molecule has 90 valence electrons. The van der Waals surface area contributed by atoms with Crippen LogP contribution in [0.4, 0.5) is 4.39 Å². The maximum absolute atomic E-state index is 13.4. The Morgan fingerprint density at radius 2 is 1.75 bits per heavy atom. The van der Waals surface area contributed by atoms with Crippen LogP contribution in [0.5, 0.6) is 11.5 Å². The lowest BCUT2D eigenvalue weighted by Crippen LogP contribution is -2.01. The van der Waals surface area contributed by atoms with E-state index >= 15 is 0 Å². The van der Waals surface area contributed by atoms with Gasteiger partial charge in [-0.3, -0.25) is 0 Å². The second-order valence-electron chi connectivity index (χ2n) is 2.67. The van der Waals surface area contributed by atoms with Crippen molar-refractivity contribution in [3.8, 4) is 11.5 Å². The minimum atomic E-state index is -4.15. The molecule has 0 N–H and O–H groups in total. The second kappa shape index (κ2) is 4.65. The largest absolute Gasteiger partial charge is 0.494 e. The Labute approximate surface area is 101 Å². The second-order valence-corrected chi connectivity index (χ2v) is 5.59. The summed E-state index contributed by atoms with van der Waals surface area (Å²) in [6.45, 7) is 0. The molecule has 0 bridgehead atoms. The van der Waals surface area contributed by atoms with Crippen molar-refractivity contribution in [1.82, 2.24) is 0 Å². The zero-order chi connectivity index (χ0) is 12.5. The van der Waals surface area contributed by atoms with Crippen LogP contribution in [0.15, 0.2) is 11.0 Å². The molecule has 0 aliphatic heterocycles. The summed E-state index contributed by atoms with van der Waals surface area (Å²) in [6.07, 6.45) is 0. The molecule has 1 aromatic carbocycles. The molecule has 1 aromatic rings. The zero-order valence-corrected chi connectivity index (χ0v) is 10.6. The quantitative estimate of drug-likeness (QED) is 0.802. The van der Waals surface area contributed by atoms with Gasteiger partial charge in [-0.15, -0.1) is 0 Å². The van der Waals surface area contributed by atoms with Crippen LogP contribution < -0.4 is 9.47 Å². The Hall–Kier alpha value is -0.720. The lowest BCUT2D eigenvalue weighted by atomic mass is 10.3. The summed E-state index contributed by atoms with van der Waals surface area (Å²) < 4.78 is 45.1. The summed E-state index contributed by atoms with van der Waals surface area (Å²) >= 11 is 5.71. The van der Waals surface area contributed by atoms with Crippen molar-refractivity contribution >= 4 is 31.3 Å². The van der Waals surface area contributed by atoms with Crippen molar-refractivity contribution in [1.29, 1.82) is 0 Å². The number of hydrogen-bond acceptors (Lipinski definition) is 4. The van der Waals surface area contributed by atoms with Gasteiger partial charge < -0.3 is 9.47 Å². The molecule has 0 saturated heterocycles. The molecule has 0 aliphatic rings. The normalized spacial score (nSPS) is 11.3. The topological polar surface area (TPSA) is 52.6 Å². The fourth-order valence-corrected chi connectivity index (χ4v) is 2.52. The molecule has 1 rings (SSSR count). The molecule has 0 amide bonds. The number of methoxy groups -OCH3 is 2. The number of benzene rings is 1. The standard InChI is InChI=1S/C8H7Cl2FO4S/c1-14-7-4(11)3-5(16(10,12)13)8(15-2)6(7)9/h3H,1-2H3. The molecule has 0 spiro atoms. The first-order chi connectivity index (χ1) is 7.32. The van der Waals surface area contributed by atoms with Crippen molar-refractivity contribution in [3.05, 3.63) is 16.9 Å². The van der Waals surface area contributed by atoms with E-state index in [4.69, 9.17) is 27.0 Å². The van der Waals surface area contributed by atoms with Gasteiger partial charge in [-0.2, -0.15) is 0 Å². The first-order valence-electron chi connectivity index (χ1n) is 3.87. The summed E-state index contributed by atoms with van der Waals surface area (Å²) in [5.74, 6) is -1.50. The lowest BCUT2D eigenvalue weighted by molar-refractivity contribution is 0.368. The van der Waals surface area contributed by atoms with Gasteiger partial charge in [-0.25, -0.2) is 12.8 Å².